The molecule has 0 saturated carbocycles. The van der Waals surface area contributed by atoms with Gasteiger partial charge in [-0.2, -0.15) is 5.26 Å². The van der Waals surface area contributed by atoms with Crippen LogP contribution in [0, 0.1) is 38.1 Å². The number of pyridine rings is 5. The minimum absolute atomic E-state index is 0.137. The monoisotopic (exact) mass is 1550 g/mol. The first-order valence-electron chi connectivity index (χ1n) is 36.3. The van der Waals surface area contributed by atoms with Gasteiger partial charge in [0.25, 0.3) is 16.7 Å². The van der Waals surface area contributed by atoms with E-state index in [1.807, 2.05) is 87.8 Å². The van der Waals surface area contributed by atoms with Crippen LogP contribution in [0.2, 0.25) is 0 Å². The van der Waals surface area contributed by atoms with Crippen LogP contribution in [0.1, 0.15) is 154 Å². The van der Waals surface area contributed by atoms with Gasteiger partial charge in [0, 0.05) is 136 Å². The summed E-state index contributed by atoms with van der Waals surface area (Å²) in [6.45, 7) is 39.2. The molecule has 0 unspecified atom stereocenters. The molecule has 112 heavy (non-hydrogen) atoms. The molecule has 8 N–H and O–H groups in total. The summed E-state index contributed by atoms with van der Waals surface area (Å²) in [5.74, 6) is 0. The molecule has 5 aromatic heterocycles. The molecule has 6 aliphatic heterocycles. The van der Waals surface area contributed by atoms with Crippen LogP contribution in [0.15, 0.2) is 165 Å². The fourth-order valence-electron chi connectivity index (χ4n) is 11.0. The van der Waals surface area contributed by atoms with Gasteiger partial charge in [0.15, 0.2) is 0 Å². The fraction of sp³-hybridized carbons (Fsp3) is 0.455. The molecule has 1 saturated heterocycles. The van der Waals surface area contributed by atoms with Crippen LogP contribution < -0.4 is 50.3 Å². The summed E-state index contributed by atoms with van der Waals surface area (Å²) in [7, 11) is -0.393. The van der Waals surface area contributed by atoms with E-state index < -0.39 is 68.4 Å². The first-order valence-corrected chi connectivity index (χ1v) is 36.3. The molecule has 35 heteroatoms. The van der Waals surface area contributed by atoms with E-state index in [2.05, 4.69) is 26.6 Å². The lowest BCUT2D eigenvalue weighted by atomic mass is 9.75. The Balaban J connectivity index is 0.000000241. The molecule has 0 bridgehead atoms. The van der Waals surface area contributed by atoms with Crippen molar-refractivity contribution in [3.8, 4) is 6.07 Å². The SMILES string of the molecule is C=CC#N.CC(C)(C)OC(=O)N1C=C(B2OC(C)(C)C(C)(C)O2)CCC1.CC(C)(C)OC(=O)N1C=C(n2cccc(N)c2=O)CCC1.CC(C)(C)OC(=O)N1C=C(n2cccc([N+](=O)[O-])c2=O)CCC1.Nc1cccn(C2=CNCCC2)c1=O.O=c1[nH]cccc1[N+](=O)[O-].[C-]#[N+]CCN1C=C(n2cccc(N)c2=O)CCC1. The molecule has 11 rings (SSSR count). The van der Waals surface area contributed by atoms with Crippen molar-refractivity contribution in [2.75, 3.05) is 63.0 Å². The number of carbonyl (C=O) groups excluding carboxylic acids is 3. The van der Waals surface area contributed by atoms with Crippen LogP contribution >= 0.6 is 0 Å². The van der Waals surface area contributed by atoms with E-state index in [0.717, 1.165) is 92.7 Å². The third-order valence-electron chi connectivity index (χ3n) is 17.0. The van der Waals surface area contributed by atoms with Gasteiger partial charge in [-0.05, 0) is 208 Å². The van der Waals surface area contributed by atoms with Crippen molar-refractivity contribution in [2.45, 2.75) is 182 Å². The van der Waals surface area contributed by atoms with E-state index in [1.54, 1.807) is 102 Å². The normalized spacial score (nSPS) is 16.1. The number of nitrogen functional groups attached to an aromatic ring is 3. The van der Waals surface area contributed by atoms with Gasteiger partial charge in [0.2, 0.25) is 6.54 Å². The zero-order valence-electron chi connectivity index (χ0n) is 66.0. The molecule has 0 aliphatic carbocycles. The van der Waals surface area contributed by atoms with Crippen LogP contribution in [0.4, 0.5) is 42.8 Å². The quantitative estimate of drug-likeness (QED) is 0.0228. The highest BCUT2D eigenvalue weighted by atomic mass is 16.7. The Bertz CT molecular complexity index is 4710. The lowest BCUT2D eigenvalue weighted by Gasteiger charge is -2.32. The largest absolute Gasteiger partial charge is 0.492 e. The molecule has 0 atom stereocenters. The minimum Gasteiger partial charge on any atom is -0.443 e. The Morgan fingerprint density at radius 2 is 0.964 bits per heavy atom. The fourth-order valence-corrected chi connectivity index (χ4v) is 11.0. The highest BCUT2D eigenvalue weighted by molar-refractivity contribution is 6.54. The highest BCUT2D eigenvalue weighted by Crippen LogP contribution is 2.40. The van der Waals surface area contributed by atoms with Crippen molar-refractivity contribution in [3.63, 3.8) is 0 Å². The van der Waals surface area contributed by atoms with Crippen LogP contribution in [-0.2, 0) is 23.5 Å². The molecule has 0 spiro atoms. The molecule has 0 aromatic carbocycles. The first kappa shape index (κ1) is 90.4. The Kier molecular flexibility index (Phi) is 33.1. The number of nitriles is 1. The summed E-state index contributed by atoms with van der Waals surface area (Å²) in [5, 5.41) is 31.5. The minimum atomic E-state index is -0.723. The number of carbonyl (C=O) groups is 3. The summed E-state index contributed by atoms with van der Waals surface area (Å²) < 4.78 is 34.1. The number of rotatable bonds is 9. The summed E-state index contributed by atoms with van der Waals surface area (Å²) in [4.78, 5) is 126. The van der Waals surface area contributed by atoms with E-state index in [0.29, 0.717) is 63.4 Å². The number of nitro groups is 2. The Hall–Kier alpha value is -12.2. The van der Waals surface area contributed by atoms with Crippen molar-refractivity contribution in [3.05, 3.63) is 224 Å². The second-order valence-electron chi connectivity index (χ2n) is 29.9. The number of H-pyrrole nitrogens is 1. The van der Waals surface area contributed by atoms with E-state index >= 15 is 0 Å². The summed E-state index contributed by atoms with van der Waals surface area (Å²) >= 11 is 0. The van der Waals surface area contributed by atoms with E-state index in [4.69, 9.17) is 52.6 Å². The first-order chi connectivity index (χ1) is 52.5. The number of aromatic amines is 1. The number of allylic oxidation sites excluding steroid dienone is 6. The molecule has 3 amide bonds. The maximum Gasteiger partial charge on any atom is 0.492 e. The molecule has 11 heterocycles. The van der Waals surface area contributed by atoms with Crippen molar-refractivity contribution < 1.29 is 47.7 Å². The Morgan fingerprint density at radius 1 is 0.589 bits per heavy atom. The average Bonchev–Trinajstić information content (AvgIpc) is 1.62. The Morgan fingerprint density at radius 3 is 1.35 bits per heavy atom. The van der Waals surface area contributed by atoms with Gasteiger partial charge < -0.3 is 60.8 Å². The van der Waals surface area contributed by atoms with Crippen LogP contribution in [0.25, 0.3) is 27.6 Å². The molecule has 602 valence electrons. The van der Waals surface area contributed by atoms with Gasteiger partial charge in [-0.1, -0.05) is 6.58 Å². The molecule has 0 radical (unpaired) electrons. The third-order valence-corrected chi connectivity index (χ3v) is 17.0. The molecule has 6 aliphatic rings. The molecule has 34 nitrogen and oxygen atoms in total. The maximum atomic E-state index is 12.2. The average molecular weight is 1550 g/mol. The molecule has 5 aromatic rings. The van der Waals surface area contributed by atoms with Crippen LogP contribution in [0.3, 0.4) is 0 Å². The van der Waals surface area contributed by atoms with Crippen molar-refractivity contribution in [2.24, 2.45) is 0 Å². The van der Waals surface area contributed by atoms with E-state index in [1.165, 1.54) is 55.7 Å². The smallest absolute Gasteiger partial charge is 0.443 e. The number of hydrogen-bond acceptors (Lipinski definition) is 23. The topological polar surface area (TPSA) is 436 Å². The molecular formula is C77H104BN17O17. The van der Waals surface area contributed by atoms with E-state index in [9.17, 15) is 58.6 Å². The van der Waals surface area contributed by atoms with Gasteiger partial charge >= 0.3 is 47.9 Å². The van der Waals surface area contributed by atoms with Crippen LogP contribution in [-0.4, -0.2) is 152 Å². The number of nitrogens with two attached hydrogens (primary N) is 3. The molecular weight excluding hydrogens is 1450 g/mol. The predicted octanol–water partition coefficient (Wildman–Crippen LogP) is 11.2. The third kappa shape index (κ3) is 27.7. The van der Waals surface area contributed by atoms with Gasteiger partial charge in [-0.25, -0.2) is 21.0 Å². The standard InChI is InChI=1S/C16H28BNO4.C15H19N3O5.C15H21N3O3.C13H16N4O.C10H13N3O.C5H4N2O3.C3H3N/c1-14(2,3)20-13(19)18-10-8-9-12(11-18)17-21-15(4,5)16(6,7)22-17;1-15(2,3)23-14(20)16-8-4-6-11(10-16)17-9-5-7-12(13(17)19)18(21)22;1-15(2,3)21-14(20)17-8-4-6-11(10-17)18-9-5-7-12(16)13(18)19;1-15-6-9-16-7-2-4-11(10-16)17-8-3-5-12(14)13(17)18;11-9-4-2-6-13(10(9)14)8-3-1-5-12-7-8;8-5-4(7(9)10)2-1-3-6-5;1-2-3-4/h11H,8-10H2,1-7H3;5,7,9-10H,4,6,8H2,1-3H3;5,7,9-10H,4,6,8,16H2,1-3H3;3,5,8,10H,2,4,6-7,9,14H2;2,4,6-7,12H,1,3,5,11H2;1-3H,(H,6,8);2H,1H2. The number of ether oxygens (including phenoxy) is 3. The predicted molar refractivity (Wildman–Crippen MR) is 430 cm³/mol. The lowest BCUT2D eigenvalue weighted by Crippen LogP contribution is -2.41. The number of nitrogens with zero attached hydrogens (tertiary/aromatic N) is 12. The number of aromatic nitrogens is 5. The van der Waals surface area contributed by atoms with Gasteiger partial charge in [0.1, 0.15) is 16.8 Å². The summed E-state index contributed by atoms with van der Waals surface area (Å²) in [6, 6.07) is 16.9. The number of hydrogen-bond donors (Lipinski definition) is 5. The van der Waals surface area contributed by atoms with Crippen molar-refractivity contribution in [1.82, 2.24) is 48.2 Å². The van der Waals surface area contributed by atoms with Crippen molar-refractivity contribution >= 4 is 76.6 Å². The number of anilines is 3. The molecule has 1 fully saturated rings. The maximum absolute atomic E-state index is 12.2. The summed E-state index contributed by atoms with van der Waals surface area (Å²) in [5.41, 5.74) is 16.5. The lowest BCUT2D eigenvalue weighted by molar-refractivity contribution is -0.386. The second-order valence-corrected chi connectivity index (χ2v) is 29.9. The zero-order chi connectivity index (χ0) is 83.5. The summed E-state index contributed by atoms with van der Waals surface area (Å²) in [6.07, 6.45) is 25.0. The van der Waals surface area contributed by atoms with Gasteiger partial charge in [-0.15, -0.1) is 0 Å². The highest BCUT2D eigenvalue weighted by Gasteiger charge is 2.53. The number of amides is 3. The van der Waals surface area contributed by atoms with Crippen molar-refractivity contribution in [1.29, 1.82) is 5.26 Å². The zero-order valence-corrected chi connectivity index (χ0v) is 66.0. The van der Waals surface area contributed by atoms with E-state index in [-0.39, 0.29) is 45.3 Å². The number of nitrogens with one attached hydrogen (secondary N) is 2. The van der Waals surface area contributed by atoms with Gasteiger partial charge in [-0.3, -0.25) is 77.2 Å². The second kappa shape index (κ2) is 41.0. The van der Waals surface area contributed by atoms with Crippen LogP contribution in [0.5, 0.6) is 0 Å². The Labute approximate surface area is 650 Å². The van der Waals surface area contributed by atoms with Gasteiger partial charge in [0.05, 0.1) is 50.7 Å².